The Morgan fingerprint density at radius 1 is 1.20 bits per heavy atom. The minimum atomic E-state index is -0.694. The van der Waals surface area contributed by atoms with Crippen LogP contribution in [0.5, 0.6) is 0 Å². The lowest BCUT2D eigenvalue weighted by molar-refractivity contribution is -0.118. The molecule has 6 heteroatoms. The normalized spacial score (nSPS) is 33.2. The minimum Gasteiger partial charge on any atom is -0.450 e. The number of aliphatic hydroxyl groups is 1. The van der Waals surface area contributed by atoms with E-state index in [4.69, 9.17) is 14.2 Å². The third-order valence-electron chi connectivity index (χ3n) is 5.68. The van der Waals surface area contributed by atoms with Gasteiger partial charge in [-0.1, -0.05) is 13.8 Å². The molecule has 2 rings (SSSR count). The third-order valence-corrected chi connectivity index (χ3v) is 5.68. The number of nitrogens with one attached hydrogen (secondary N) is 1. The highest BCUT2D eigenvalue weighted by molar-refractivity contribution is 5.67. The molecule has 0 saturated carbocycles. The molecule has 2 N–H and O–H groups in total. The fourth-order valence-electron chi connectivity index (χ4n) is 3.86. The number of alkyl carbamates (subject to hydrolysis) is 1. The summed E-state index contributed by atoms with van der Waals surface area (Å²) in [6.45, 7) is 7.62. The van der Waals surface area contributed by atoms with Crippen molar-refractivity contribution >= 4 is 6.09 Å². The first kappa shape index (κ1) is 20.5. The summed E-state index contributed by atoms with van der Waals surface area (Å²) in [5.41, 5.74) is 0. The van der Waals surface area contributed by atoms with Crippen LogP contribution in [0.15, 0.2) is 0 Å². The fourth-order valence-corrected chi connectivity index (χ4v) is 3.86. The van der Waals surface area contributed by atoms with Crippen LogP contribution in [0.1, 0.15) is 52.4 Å². The van der Waals surface area contributed by atoms with Crippen molar-refractivity contribution < 1.29 is 24.1 Å². The molecule has 2 aliphatic heterocycles. The van der Waals surface area contributed by atoms with Gasteiger partial charge >= 0.3 is 6.09 Å². The maximum atomic E-state index is 11.4. The first-order chi connectivity index (χ1) is 12.1. The largest absolute Gasteiger partial charge is 0.450 e. The Bertz CT molecular complexity index is 392. The van der Waals surface area contributed by atoms with E-state index < -0.39 is 6.29 Å². The lowest BCUT2D eigenvalue weighted by Gasteiger charge is -2.25. The van der Waals surface area contributed by atoms with Gasteiger partial charge in [-0.15, -0.1) is 0 Å². The topological polar surface area (TPSA) is 77.0 Å². The van der Waals surface area contributed by atoms with Crippen LogP contribution in [-0.4, -0.2) is 50.5 Å². The van der Waals surface area contributed by atoms with Crippen molar-refractivity contribution in [1.82, 2.24) is 5.32 Å². The van der Waals surface area contributed by atoms with Crippen molar-refractivity contribution in [2.45, 2.75) is 58.7 Å². The summed E-state index contributed by atoms with van der Waals surface area (Å²) in [7, 11) is 0. The van der Waals surface area contributed by atoms with Crippen LogP contribution in [0.25, 0.3) is 0 Å². The number of carbonyl (C=O) groups is 1. The molecule has 6 nitrogen and oxygen atoms in total. The molecule has 2 heterocycles. The van der Waals surface area contributed by atoms with E-state index in [9.17, 15) is 9.90 Å². The van der Waals surface area contributed by atoms with Gasteiger partial charge in [0.25, 0.3) is 0 Å². The highest BCUT2D eigenvalue weighted by Crippen LogP contribution is 2.27. The smallest absolute Gasteiger partial charge is 0.407 e. The van der Waals surface area contributed by atoms with E-state index in [1.54, 1.807) is 0 Å². The van der Waals surface area contributed by atoms with Crippen molar-refractivity contribution in [3.8, 4) is 0 Å². The Kier molecular flexibility index (Phi) is 8.99. The number of rotatable bonds is 6. The first-order valence-corrected chi connectivity index (χ1v) is 9.84. The number of aliphatic hydroxyl groups excluding tert-OH is 1. The van der Waals surface area contributed by atoms with Crippen LogP contribution < -0.4 is 5.32 Å². The second-order valence-electron chi connectivity index (χ2n) is 7.70. The van der Waals surface area contributed by atoms with Crippen LogP contribution in [0, 0.1) is 23.7 Å². The molecule has 2 aliphatic rings. The molecule has 2 fully saturated rings. The molecular weight excluding hydrogens is 322 g/mol. The van der Waals surface area contributed by atoms with Gasteiger partial charge in [0.2, 0.25) is 0 Å². The standard InChI is InChI=1S/C19H35NO5/c1-14-12-20-19(22)25-9-4-5-16(14)7-10-24-18(21)11-17-6-3-8-23-13-15(17)2/h14-18,21H,3-13H2,1-2H3,(H,20,22). The number of carbonyl (C=O) groups excluding carboxylic acids is 1. The number of hydrogen-bond acceptors (Lipinski definition) is 5. The van der Waals surface area contributed by atoms with Gasteiger partial charge in [-0.3, -0.25) is 0 Å². The monoisotopic (exact) mass is 357 g/mol. The summed E-state index contributed by atoms with van der Waals surface area (Å²) in [6.07, 6.45) is 4.64. The SMILES string of the molecule is CC1CNC(=O)OCCCC1CCOC(O)CC1CCCOCC1C. The second-order valence-corrected chi connectivity index (χ2v) is 7.70. The van der Waals surface area contributed by atoms with Crippen LogP contribution >= 0.6 is 0 Å². The molecule has 0 aliphatic carbocycles. The average Bonchev–Trinajstić information content (AvgIpc) is 2.74. The Morgan fingerprint density at radius 3 is 2.80 bits per heavy atom. The highest BCUT2D eigenvalue weighted by Gasteiger charge is 2.24. The summed E-state index contributed by atoms with van der Waals surface area (Å²) < 4.78 is 16.3. The zero-order valence-corrected chi connectivity index (χ0v) is 15.7. The molecule has 2 saturated heterocycles. The Balaban J connectivity index is 1.69. The first-order valence-electron chi connectivity index (χ1n) is 9.84. The summed E-state index contributed by atoms with van der Waals surface area (Å²) in [5, 5.41) is 13.1. The number of cyclic esters (lactones) is 1. The van der Waals surface area contributed by atoms with E-state index in [0.717, 1.165) is 45.3 Å². The van der Waals surface area contributed by atoms with E-state index in [1.165, 1.54) is 0 Å². The quantitative estimate of drug-likeness (QED) is 0.715. The molecule has 1 amide bonds. The molecule has 5 atom stereocenters. The van der Waals surface area contributed by atoms with Crippen molar-refractivity contribution in [2.75, 3.05) is 33.0 Å². The van der Waals surface area contributed by atoms with Crippen molar-refractivity contribution in [3.05, 3.63) is 0 Å². The lowest BCUT2D eigenvalue weighted by atomic mass is 9.87. The molecule has 0 spiro atoms. The van der Waals surface area contributed by atoms with Crippen molar-refractivity contribution in [1.29, 1.82) is 0 Å². The van der Waals surface area contributed by atoms with Gasteiger partial charge in [-0.25, -0.2) is 4.79 Å². The zero-order chi connectivity index (χ0) is 18.1. The molecule has 0 aromatic rings. The van der Waals surface area contributed by atoms with Gasteiger partial charge in [0, 0.05) is 32.8 Å². The molecule has 0 bridgehead atoms. The average molecular weight is 357 g/mol. The summed E-state index contributed by atoms with van der Waals surface area (Å²) in [5.74, 6) is 1.79. The van der Waals surface area contributed by atoms with Crippen LogP contribution in [0.2, 0.25) is 0 Å². The molecule has 146 valence electrons. The number of hydrogen-bond donors (Lipinski definition) is 2. The summed E-state index contributed by atoms with van der Waals surface area (Å²) in [6, 6.07) is 0. The Hall–Kier alpha value is -0.850. The van der Waals surface area contributed by atoms with E-state index in [-0.39, 0.29) is 6.09 Å². The molecule has 0 radical (unpaired) electrons. The van der Waals surface area contributed by atoms with Gasteiger partial charge in [0.1, 0.15) is 0 Å². The molecule has 5 unspecified atom stereocenters. The van der Waals surface area contributed by atoms with E-state index in [2.05, 4.69) is 19.2 Å². The van der Waals surface area contributed by atoms with E-state index >= 15 is 0 Å². The summed E-state index contributed by atoms with van der Waals surface area (Å²) >= 11 is 0. The predicted molar refractivity (Wildman–Crippen MR) is 95.1 cm³/mol. The van der Waals surface area contributed by atoms with Crippen LogP contribution in [0.4, 0.5) is 4.79 Å². The maximum Gasteiger partial charge on any atom is 0.407 e. The maximum absolute atomic E-state index is 11.4. The lowest BCUT2D eigenvalue weighted by Crippen LogP contribution is -2.31. The minimum absolute atomic E-state index is 0.319. The van der Waals surface area contributed by atoms with E-state index in [0.29, 0.717) is 49.9 Å². The number of ether oxygens (including phenoxy) is 3. The predicted octanol–water partition coefficient (Wildman–Crippen LogP) is 2.94. The summed E-state index contributed by atoms with van der Waals surface area (Å²) in [4.78, 5) is 11.4. The van der Waals surface area contributed by atoms with Crippen molar-refractivity contribution in [3.63, 3.8) is 0 Å². The molecule has 0 aromatic carbocycles. The van der Waals surface area contributed by atoms with Crippen molar-refractivity contribution in [2.24, 2.45) is 23.7 Å². The van der Waals surface area contributed by atoms with Gasteiger partial charge in [-0.05, 0) is 55.8 Å². The molecule has 25 heavy (non-hydrogen) atoms. The zero-order valence-electron chi connectivity index (χ0n) is 15.7. The number of amides is 1. The highest BCUT2D eigenvalue weighted by atomic mass is 16.6. The Morgan fingerprint density at radius 2 is 1.96 bits per heavy atom. The van der Waals surface area contributed by atoms with Gasteiger partial charge in [-0.2, -0.15) is 0 Å². The van der Waals surface area contributed by atoms with Gasteiger partial charge in [0.15, 0.2) is 6.29 Å². The second kappa shape index (κ2) is 11.0. The molecule has 0 aromatic heterocycles. The van der Waals surface area contributed by atoms with Gasteiger partial charge < -0.3 is 24.6 Å². The Labute approximate surface area is 151 Å². The fraction of sp³-hybridized carbons (Fsp3) is 0.947. The van der Waals surface area contributed by atoms with Crippen LogP contribution in [0.3, 0.4) is 0 Å². The molecular formula is C19H35NO5. The third kappa shape index (κ3) is 7.50. The van der Waals surface area contributed by atoms with E-state index in [1.807, 2.05) is 0 Å². The van der Waals surface area contributed by atoms with Gasteiger partial charge in [0.05, 0.1) is 6.61 Å². The van der Waals surface area contributed by atoms with Crippen LogP contribution in [-0.2, 0) is 14.2 Å².